The number of carbonyl (C=O) groups is 1. The lowest BCUT2D eigenvalue weighted by atomic mass is 9.81. The topological polar surface area (TPSA) is 77.8 Å². The third-order valence-corrected chi connectivity index (χ3v) is 9.09. The number of thiazole rings is 1. The van der Waals surface area contributed by atoms with E-state index in [0.717, 1.165) is 43.3 Å². The Morgan fingerprint density at radius 2 is 1.63 bits per heavy atom. The SMILES string of the molecule is N#CC1=C(SCC(=O)Nc2ccccc2)NC(c2ccccc2)=C(c2nc3ccccc3s2)[C@@H]1c1ccccc1Cl. The van der Waals surface area contributed by atoms with Crippen LogP contribution in [0.15, 0.2) is 120 Å². The van der Waals surface area contributed by atoms with Gasteiger partial charge >= 0.3 is 0 Å². The predicted molar refractivity (Wildman–Crippen MR) is 170 cm³/mol. The Morgan fingerprint density at radius 1 is 0.951 bits per heavy atom. The Bertz CT molecular complexity index is 1810. The third-order valence-electron chi connectivity index (χ3n) is 6.66. The van der Waals surface area contributed by atoms with Crippen LogP contribution in [0.3, 0.4) is 0 Å². The van der Waals surface area contributed by atoms with Crippen molar-refractivity contribution in [1.29, 1.82) is 5.26 Å². The van der Waals surface area contributed by atoms with E-state index >= 15 is 0 Å². The highest BCUT2D eigenvalue weighted by atomic mass is 35.5. The summed E-state index contributed by atoms with van der Waals surface area (Å²) in [5.41, 5.74) is 5.57. The summed E-state index contributed by atoms with van der Waals surface area (Å²) in [7, 11) is 0. The fourth-order valence-corrected chi connectivity index (χ4v) is 6.96. The molecule has 0 unspecified atom stereocenters. The van der Waals surface area contributed by atoms with Crippen LogP contribution in [0.1, 0.15) is 22.1 Å². The fraction of sp³-hybridized carbons (Fsp3) is 0.0606. The minimum absolute atomic E-state index is 0.121. The molecular weight excluding hydrogens is 568 g/mol. The lowest BCUT2D eigenvalue weighted by molar-refractivity contribution is -0.113. The first-order chi connectivity index (χ1) is 20.1. The number of hydrogen-bond acceptors (Lipinski definition) is 6. The van der Waals surface area contributed by atoms with Crippen LogP contribution in [0, 0.1) is 11.3 Å². The third kappa shape index (κ3) is 5.63. The lowest BCUT2D eigenvalue weighted by Crippen LogP contribution is -2.25. The molecule has 4 aromatic carbocycles. The summed E-state index contributed by atoms with van der Waals surface area (Å²) in [5, 5.41) is 19.1. The number of benzene rings is 4. The van der Waals surface area contributed by atoms with E-state index in [1.165, 1.54) is 11.8 Å². The highest BCUT2D eigenvalue weighted by molar-refractivity contribution is 8.03. The minimum atomic E-state index is -0.495. The van der Waals surface area contributed by atoms with Gasteiger partial charge < -0.3 is 10.6 Å². The van der Waals surface area contributed by atoms with Crippen LogP contribution >= 0.6 is 34.7 Å². The molecule has 0 fully saturated rings. The van der Waals surface area contributed by atoms with Gasteiger partial charge in [0.15, 0.2) is 0 Å². The number of rotatable bonds is 7. The van der Waals surface area contributed by atoms with Crippen molar-refractivity contribution < 1.29 is 4.79 Å². The summed E-state index contributed by atoms with van der Waals surface area (Å²) in [6.07, 6.45) is 0. The van der Waals surface area contributed by atoms with Gasteiger partial charge in [0.25, 0.3) is 0 Å². The monoisotopic (exact) mass is 590 g/mol. The van der Waals surface area contributed by atoms with Crippen LogP contribution in [0.4, 0.5) is 5.69 Å². The average Bonchev–Trinajstić information content (AvgIpc) is 3.44. The van der Waals surface area contributed by atoms with Gasteiger partial charge in [0.05, 0.1) is 44.3 Å². The Hall–Kier alpha value is -4.35. The molecule has 6 rings (SSSR count). The number of hydrogen-bond donors (Lipinski definition) is 2. The molecule has 0 aliphatic carbocycles. The highest BCUT2D eigenvalue weighted by Crippen LogP contribution is 2.50. The van der Waals surface area contributed by atoms with Gasteiger partial charge in [-0.25, -0.2) is 4.98 Å². The number of allylic oxidation sites excluding steroid dienone is 2. The van der Waals surface area contributed by atoms with Gasteiger partial charge in [0.2, 0.25) is 5.91 Å². The molecule has 200 valence electrons. The van der Waals surface area contributed by atoms with Gasteiger partial charge in [-0.15, -0.1) is 11.3 Å². The predicted octanol–water partition coefficient (Wildman–Crippen LogP) is 8.31. The second kappa shape index (κ2) is 12.0. The first kappa shape index (κ1) is 26.9. The van der Waals surface area contributed by atoms with Crippen molar-refractivity contribution in [3.05, 3.63) is 141 Å². The van der Waals surface area contributed by atoms with Crippen molar-refractivity contribution in [2.45, 2.75) is 5.92 Å². The first-order valence-electron chi connectivity index (χ1n) is 12.9. The maximum absolute atomic E-state index is 12.9. The average molecular weight is 591 g/mol. The molecular formula is C33H23ClN4OS2. The van der Waals surface area contributed by atoms with E-state index in [4.69, 9.17) is 16.6 Å². The molecule has 8 heteroatoms. The van der Waals surface area contributed by atoms with E-state index in [0.29, 0.717) is 15.6 Å². The van der Waals surface area contributed by atoms with Gasteiger partial charge in [-0.1, -0.05) is 102 Å². The van der Waals surface area contributed by atoms with E-state index in [2.05, 4.69) is 16.7 Å². The molecule has 5 nitrogen and oxygen atoms in total. The number of halogens is 1. The van der Waals surface area contributed by atoms with Crippen molar-refractivity contribution >= 4 is 67.8 Å². The van der Waals surface area contributed by atoms with Crippen molar-refractivity contribution in [1.82, 2.24) is 10.3 Å². The van der Waals surface area contributed by atoms with Crippen LogP contribution in [-0.4, -0.2) is 16.6 Å². The number of aromatic nitrogens is 1. The summed E-state index contributed by atoms with van der Waals surface area (Å²) < 4.78 is 1.06. The van der Waals surface area contributed by atoms with Crippen LogP contribution in [0.5, 0.6) is 0 Å². The van der Waals surface area contributed by atoms with Crippen molar-refractivity contribution in [2.24, 2.45) is 0 Å². The van der Waals surface area contributed by atoms with Crippen LogP contribution in [0.25, 0.3) is 21.5 Å². The molecule has 0 spiro atoms. The van der Waals surface area contributed by atoms with Crippen LogP contribution in [-0.2, 0) is 4.79 Å². The number of nitriles is 1. The fourth-order valence-electron chi connectivity index (χ4n) is 4.82. The smallest absolute Gasteiger partial charge is 0.234 e. The molecule has 1 atom stereocenters. The number of anilines is 1. The van der Waals surface area contributed by atoms with Crippen molar-refractivity contribution in [2.75, 3.05) is 11.1 Å². The molecule has 2 N–H and O–H groups in total. The number of thioether (sulfide) groups is 1. The van der Waals surface area contributed by atoms with Crippen molar-refractivity contribution in [3.8, 4) is 6.07 Å². The summed E-state index contributed by atoms with van der Waals surface area (Å²) in [4.78, 5) is 17.9. The number of fused-ring (bicyclic) bond motifs is 1. The van der Waals surface area contributed by atoms with Gasteiger partial charge in [-0.3, -0.25) is 4.79 Å². The highest BCUT2D eigenvalue weighted by Gasteiger charge is 2.36. The van der Waals surface area contributed by atoms with E-state index < -0.39 is 5.92 Å². The Kier molecular flexibility index (Phi) is 7.88. The van der Waals surface area contributed by atoms with E-state index in [1.54, 1.807) is 11.3 Å². The Morgan fingerprint density at radius 3 is 2.37 bits per heavy atom. The molecule has 0 saturated heterocycles. The quantitative estimate of drug-likeness (QED) is 0.199. The lowest BCUT2D eigenvalue weighted by Gasteiger charge is -2.31. The standard InChI is InChI=1S/C33H23ClN4OS2/c34-25-16-8-7-15-23(25)29-24(19-35)32(40-20-28(39)36-22-13-5-2-6-14-22)38-31(21-11-3-1-4-12-21)30(29)33-37-26-17-9-10-18-27(26)41-33/h1-18,29,38H,20H2,(H,36,39)/t29-/m1/s1. The van der Waals surface area contributed by atoms with E-state index in [-0.39, 0.29) is 11.7 Å². The molecule has 1 amide bonds. The summed E-state index contributed by atoms with van der Waals surface area (Å²) in [6, 6.07) is 37.4. The van der Waals surface area contributed by atoms with Crippen molar-refractivity contribution in [3.63, 3.8) is 0 Å². The zero-order valence-electron chi connectivity index (χ0n) is 21.7. The number of dihydropyridines is 1. The van der Waals surface area contributed by atoms with Gasteiger partial charge in [0, 0.05) is 16.3 Å². The summed E-state index contributed by atoms with van der Waals surface area (Å²) >= 11 is 9.69. The second-order valence-corrected chi connectivity index (χ2v) is 11.7. The minimum Gasteiger partial charge on any atom is -0.349 e. The van der Waals surface area contributed by atoms with Gasteiger partial charge in [0.1, 0.15) is 5.01 Å². The largest absolute Gasteiger partial charge is 0.349 e. The molecule has 0 saturated carbocycles. The summed E-state index contributed by atoms with van der Waals surface area (Å²) in [5.74, 6) is -0.536. The first-order valence-corrected chi connectivity index (χ1v) is 15.1. The molecule has 0 bridgehead atoms. The molecule has 1 aliphatic rings. The van der Waals surface area contributed by atoms with Crippen LogP contribution < -0.4 is 10.6 Å². The number of nitrogens with zero attached hydrogens (tertiary/aromatic N) is 2. The normalized spacial score (nSPS) is 15.0. The number of nitrogens with one attached hydrogen (secondary N) is 2. The maximum atomic E-state index is 12.9. The molecule has 1 aliphatic heterocycles. The molecule has 0 radical (unpaired) electrons. The maximum Gasteiger partial charge on any atom is 0.234 e. The Labute approximate surface area is 251 Å². The van der Waals surface area contributed by atoms with E-state index in [1.807, 2.05) is 109 Å². The number of amides is 1. The van der Waals surface area contributed by atoms with Crippen LogP contribution in [0.2, 0.25) is 5.02 Å². The molecule has 5 aromatic rings. The second-order valence-electron chi connectivity index (χ2n) is 9.28. The number of para-hydroxylation sites is 2. The zero-order valence-corrected chi connectivity index (χ0v) is 24.1. The zero-order chi connectivity index (χ0) is 28.2. The van der Waals surface area contributed by atoms with Gasteiger partial charge in [-0.2, -0.15) is 5.26 Å². The van der Waals surface area contributed by atoms with Gasteiger partial charge in [-0.05, 0) is 41.5 Å². The Balaban J connectivity index is 1.49. The molecule has 2 heterocycles. The summed E-state index contributed by atoms with van der Waals surface area (Å²) in [6.45, 7) is 0. The number of carbonyl (C=O) groups excluding carboxylic acids is 1. The molecule has 1 aromatic heterocycles. The van der Waals surface area contributed by atoms with E-state index in [9.17, 15) is 10.1 Å². The molecule has 41 heavy (non-hydrogen) atoms.